The second-order valence-electron chi connectivity index (χ2n) is 5.56. The van der Waals surface area contributed by atoms with Gasteiger partial charge in [0.05, 0.1) is 4.92 Å². The molecule has 0 aliphatic carbocycles. The van der Waals surface area contributed by atoms with E-state index in [1.54, 1.807) is 0 Å². The Morgan fingerprint density at radius 1 is 1.13 bits per heavy atom. The number of rotatable bonds is 10. The first-order chi connectivity index (χ1) is 10.9. The van der Waals surface area contributed by atoms with Gasteiger partial charge >= 0.3 is 5.97 Å². The Balaban J connectivity index is 2.82. The van der Waals surface area contributed by atoms with Crippen LogP contribution < -0.4 is 0 Å². The second kappa shape index (κ2) is 8.97. The third-order valence-corrected chi connectivity index (χ3v) is 3.78. The van der Waals surface area contributed by atoms with Gasteiger partial charge in [-0.3, -0.25) is 10.1 Å². The summed E-state index contributed by atoms with van der Waals surface area (Å²) in [6, 6.07) is 1.08. The molecular formula is C16H23NO6. The number of nitro groups is 1. The van der Waals surface area contributed by atoms with E-state index in [1.807, 2.05) is 0 Å². The van der Waals surface area contributed by atoms with Gasteiger partial charge < -0.3 is 15.3 Å². The van der Waals surface area contributed by atoms with Crippen LogP contribution in [0.25, 0.3) is 0 Å². The van der Waals surface area contributed by atoms with Crippen molar-refractivity contribution >= 4 is 11.7 Å². The van der Waals surface area contributed by atoms with Gasteiger partial charge in [0.15, 0.2) is 17.1 Å². The van der Waals surface area contributed by atoms with E-state index >= 15 is 0 Å². The molecule has 1 aromatic carbocycles. The number of hydrogen-bond donors (Lipinski definition) is 3. The number of aryl methyl sites for hydroxylation is 1. The molecule has 0 aromatic heterocycles. The second-order valence-corrected chi connectivity index (χ2v) is 5.56. The van der Waals surface area contributed by atoms with Gasteiger partial charge in [0, 0.05) is 5.56 Å². The summed E-state index contributed by atoms with van der Waals surface area (Å²) in [7, 11) is 0. The zero-order valence-corrected chi connectivity index (χ0v) is 13.2. The van der Waals surface area contributed by atoms with Gasteiger partial charge in [0.25, 0.3) is 5.69 Å². The van der Waals surface area contributed by atoms with E-state index in [9.17, 15) is 25.1 Å². The third-order valence-electron chi connectivity index (χ3n) is 3.78. The Bertz CT molecular complexity index is 570. The maximum Gasteiger partial charge on any atom is 0.346 e. The number of benzene rings is 1. The fourth-order valence-corrected chi connectivity index (χ4v) is 2.58. The predicted octanol–water partition coefficient (Wildman–Crippen LogP) is 4.00. The Morgan fingerprint density at radius 3 is 2.22 bits per heavy atom. The standard InChI is InChI=1S/C16H23NO6/c1-2-3-4-5-6-7-8-9-11-10-12(18)15(19)13(16(20)21)14(11)17(22)23/h10,18-19H,2-9H2,1H3,(H,20,21). The quantitative estimate of drug-likeness (QED) is 0.259. The van der Waals surface area contributed by atoms with Crippen LogP contribution in [0.2, 0.25) is 0 Å². The molecule has 3 N–H and O–H groups in total. The van der Waals surface area contributed by atoms with E-state index in [0.717, 1.165) is 31.7 Å². The van der Waals surface area contributed by atoms with Crippen LogP contribution in [0.1, 0.15) is 67.8 Å². The number of aromatic hydroxyl groups is 2. The largest absolute Gasteiger partial charge is 0.504 e. The van der Waals surface area contributed by atoms with Gasteiger partial charge in [-0.15, -0.1) is 0 Å². The SMILES string of the molecule is CCCCCCCCCc1cc(O)c(O)c(C(=O)O)c1[N+](=O)[O-]. The number of carboxylic acid groups (broad SMARTS) is 1. The van der Waals surface area contributed by atoms with Crippen molar-refractivity contribution in [3.8, 4) is 11.5 Å². The highest BCUT2D eigenvalue weighted by Gasteiger charge is 2.30. The average Bonchev–Trinajstić information content (AvgIpc) is 2.48. The van der Waals surface area contributed by atoms with Gasteiger partial charge in [-0.05, 0) is 18.9 Å². The molecule has 7 nitrogen and oxygen atoms in total. The first-order valence-electron chi connectivity index (χ1n) is 7.85. The number of carboxylic acids is 1. The molecule has 23 heavy (non-hydrogen) atoms. The first kappa shape index (κ1) is 18.7. The Morgan fingerprint density at radius 2 is 1.70 bits per heavy atom. The number of phenolic OH excluding ortho intramolecular Hbond substituents is 1. The summed E-state index contributed by atoms with van der Waals surface area (Å²) in [5.74, 6) is -3.25. The number of nitrogens with zero attached hydrogens (tertiary/aromatic N) is 1. The fourth-order valence-electron chi connectivity index (χ4n) is 2.58. The lowest BCUT2D eigenvalue weighted by molar-refractivity contribution is -0.386. The minimum atomic E-state index is -1.63. The van der Waals surface area contributed by atoms with E-state index in [0.29, 0.717) is 6.42 Å². The fraction of sp³-hybridized carbons (Fsp3) is 0.562. The van der Waals surface area contributed by atoms with E-state index in [4.69, 9.17) is 5.11 Å². The van der Waals surface area contributed by atoms with Crippen LogP contribution in [0.15, 0.2) is 6.07 Å². The van der Waals surface area contributed by atoms with Crippen LogP contribution in [0.3, 0.4) is 0 Å². The monoisotopic (exact) mass is 325 g/mol. The van der Waals surface area contributed by atoms with Crippen molar-refractivity contribution in [2.45, 2.75) is 58.3 Å². The van der Waals surface area contributed by atoms with Crippen LogP contribution in [-0.4, -0.2) is 26.2 Å². The molecule has 0 radical (unpaired) electrons. The van der Waals surface area contributed by atoms with Crippen molar-refractivity contribution in [3.05, 3.63) is 27.3 Å². The van der Waals surface area contributed by atoms with Gasteiger partial charge in [-0.2, -0.15) is 0 Å². The highest BCUT2D eigenvalue weighted by molar-refractivity contribution is 5.97. The molecule has 0 saturated carbocycles. The molecule has 0 fully saturated rings. The van der Waals surface area contributed by atoms with Crippen molar-refractivity contribution in [1.29, 1.82) is 0 Å². The number of unbranched alkanes of at least 4 members (excludes halogenated alkanes) is 6. The zero-order valence-electron chi connectivity index (χ0n) is 13.2. The van der Waals surface area contributed by atoms with Crippen LogP contribution >= 0.6 is 0 Å². The van der Waals surface area contributed by atoms with Gasteiger partial charge in [0.1, 0.15) is 0 Å². The smallest absolute Gasteiger partial charge is 0.346 e. The van der Waals surface area contributed by atoms with E-state index in [-0.39, 0.29) is 12.0 Å². The third kappa shape index (κ3) is 5.12. The van der Waals surface area contributed by atoms with Crippen LogP contribution in [0, 0.1) is 10.1 Å². The van der Waals surface area contributed by atoms with Crippen molar-refractivity contribution in [1.82, 2.24) is 0 Å². The highest BCUT2D eigenvalue weighted by Crippen LogP contribution is 2.39. The summed E-state index contributed by atoms with van der Waals surface area (Å²) < 4.78 is 0. The normalized spacial score (nSPS) is 10.7. The summed E-state index contributed by atoms with van der Waals surface area (Å²) in [6.07, 6.45) is 7.48. The number of phenols is 2. The van der Waals surface area contributed by atoms with E-state index < -0.39 is 33.6 Å². The topological polar surface area (TPSA) is 121 Å². The predicted molar refractivity (Wildman–Crippen MR) is 85.1 cm³/mol. The number of nitro benzene ring substituents is 1. The number of carbonyl (C=O) groups is 1. The Kier molecular flexibility index (Phi) is 7.31. The lowest BCUT2D eigenvalue weighted by Gasteiger charge is -2.09. The van der Waals surface area contributed by atoms with Crippen molar-refractivity contribution in [2.24, 2.45) is 0 Å². The Hall–Kier alpha value is -2.31. The molecule has 0 bridgehead atoms. The van der Waals surface area contributed by atoms with E-state index in [1.165, 1.54) is 12.8 Å². The molecule has 0 saturated heterocycles. The first-order valence-corrected chi connectivity index (χ1v) is 7.85. The molecule has 128 valence electrons. The average molecular weight is 325 g/mol. The summed E-state index contributed by atoms with van der Waals surface area (Å²) in [5, 5.41) is 39.4. The maximum atomic E-state index is 11.2. The number of aromatic carboxylic acids is 1. The maximum absolute atomic E-state index is 11.2. The summed E-state index contributed by atoms with van der Waals surface area (Å²) in [5.41, 5.74) is -1.36. The molecule has 0 spiro atoms. The van der Waals surface area contributed by atoms with Crippen LogP contribution in [0.4, 0.5) is 5.69 Å². The van der Waals surface area contributed by atoms with Crippen molar-refractivity contribution < 1.29 is 25.0 Å². The minimum Gasteiger partial charge on any atom is -0.504 e. The van der Waals surface area contributed by atoms with Gasteiger partial charge in [-0.1, -0.05) is 45.4 Å². The molecule has 0 aliphatic rings. The highest BCUT2D eigenvalue weighted by atomic mass is 16.6. The molecule has 7 heteroatoms. The minimum absolute atomic E-state index is 0.135. The summed E-state index contributed by atoms with van der Waals surface area (Å²) in [6.45, 7) is 2.14. The zero-order chi connectivity index (χ0) is 17.4. The Labute approximate surface area is 134 Å². The molecule has 0 aliphatic heterocycles. The molecule has 1 aromatic rings. The van der Waals surface area contributed by atoms with Crippen LogP contribution in [0.5, 0.6) is 11.5 Å². The van der Waals surface area contributed by atoms with Crippen molar-refractivity contribution in [3.63, 3.8) is 0 Å². The molecule has 0 atom stereocenters. The lowest BCUT2D eigenvalue weighted by Crippen LogP contribution is -2.07. The molecule has 1 rings (SSSR count). The summed E-state index contributed by atoms with van der Waals surface area (Å²) in [4.78, 5) is 21.5. The van der Waals surface area contributed by atoms with Crippen LogP contribution in [-0.2, 0) is 6.42 Å². The molecule has 0 unspecified atom stereocenters. The lowest BCUT2D eigenvalue weighted by atomic mass is 9.99. The summed E-state index contributed by atoms with van der Waals surface area (Å²) >= 11 is 0. The molecular weight excluding hydrogens is 302 g/mol. The number of hydrogen-bond acceptors (Lipinski definition) is 5. The molecule has 0 heterocycles. The van der Waals surface area contributed by atoms with Crippen molar-refractivity contribution in [2.75, 3.05) is 0 Å². The van der Waals surface area contributed by atoms with E-state index in [2.05, 4.69) is 6.92 Å². The van der Waals surface area contributed by atoms with Gasteiger partial charge in [0.2, 0.25) is 0 Å². The van der Waals surface area contributed by atoms with Gasteiger partial charge in [-0.25, -0.2) is 4.79 Å². The molecule has 0 amide bonds.